The van der Waals surface area contributed by atoms with Gasteiger partial charge < -0.3 is 5.32 Å². The van der Waals surface area contributed by atoms with Crippen LogP contribution in [0.25, 0.3) is 11.3 Å². The van der Waals surface area contributed by atoms with Crippen LogP contribution in [0.5, 0.6) is 0 Å². The average Bonchev–Trinajstić information content (AvgIpc) is 3.01. The summed E-state index contributed by atoms with van der Waals surface area (Å²) in [5.74, 6) is 0.533. The lowest BCUT2D eigenvalue weighted by Crippen LogP contribution is -2.12. The minimum absolute atomic E-state index is 0.00583. The number of hydrogen-bond acceptors (Lipinski definition) is 3. The Morgan fingerprint density at radius 3 is 2.42 bits per heavy atom. The number of benzene rings is 2. The van der Waals surface area contributed by atoms with E-state index in [-0.39, 0.29) is 5.91 Å². The van der Waals surface area contributed by atoms with Crippen molar-refractivity contribution in [2.75, 3.05) is 5.32 Å². The van der Waals surface area contributed by atoms with E-state index in [1.54, 1.807) is 0 Å². The van der Waals surface area contributed by atoms with E-state index in [4.69, 9.17) is 0 Å². The fourth-order valence-corrected chi connectivity index (χ4v) is 3.67. The van der Waals surface area contributed by atoms with Gasteiger partial charge in [0.2, 0.25) is 5.91 Å². The maximum absolute atomic E-state index is 12.3. The summed E-state index contributed by atoms with van der Waals surface area (Å²) in [7, 11) is 0. The minimum Gasteiger partial charge on any atom is -0.302 e. The Balaban J connectivity index is 1.58. The van der Waals surface area contributed by atoms with Crippen molar-refractivity contribution in [2.45, 2.75) is 39.5 Å². The van der Waals surface area contributed by atoms with Gasteiger partial charge in [-0.1, -0.05) is 68.4 Å². The van der Waals surface area contributed by atoms with Gasteiger partial charge in [0.15, 0.2) is 5.13 Å². The number of anilines is 1. The van der Waals surface area contributed by atoms with Gasteiger partial charge in [0.05, 0.1) is 5.69 Å². The molecule has 0 aliphatic carbocycles. The quantitative estimate of drug-likeness (QED) is 0.599. The zero-order valence-electron chi connectivity index (χ0n) is 15.5. The zero-order chi connectivity index (χ0) is 18.5. The van der Waals surface area contributed by atoms with E-state index in [1.807, 2.05) is 37.3 Å². The molecule has 0 fully saturated rings. The number of thiazole rings is 1. The Kier molecular flexibility index (Phi) is 5.84. The highest BCUT2D eigenvalue weighted by Crippen LogP contribution is 2.30. The van der Waals surface area contributed by atoms with Crippen molar-refractivity contribution >= 4 is 22.4 Å². The monoisotopic (exact) mass is 364 g/mol. The number of aromatic nitrogens is 1. The zero-order valence-corrected chi connectivity index (χ0v) is 16.3. The van der Waals surface area contributed by atoms with Crippen molar-refractivity contribution in [1.29, 1.82) is 0 Å². The maximum Gasteiger partial charge on any atom is 0.226 e. The van der Waals surface area contributed by atoms with Crippen LogP contribution in [0.3, 0.4) is 0 Å². The number of nitrogens with one attached hydrogen (secondary N) is 1. The molecule has 0 saturated carbocycles. The van der Waals surface area contributed by atoms with Crippen molar-refractivity contribution in [3.05, 3.63) is 70.6 Å². The largest absolute Gasteiger partial charge is 0.302 e. The van der Waals surface area contributed by atoms with Gasteiger partial charge in [0.1, 0.15) is 0 Å². The molecule has 0 bridgehead atoms. The molecule has 1 aromatic heterocycles. The molecule has 0 spiro atoms. The van der Waals surface area contributed by atoms with E-state index in [0.29, 0.717) is 17.5 Å². The third-order valence-electron chi connectivity index (χ3n) is 4.38. The molecule has 4 heteroatoms. The standard InChI is InChI=1S/C22H24N2OS/c1-15(2)18-12-9-17(10-13-18)11-14-20(25)23-22-24-21(16(3)26-22)19-7-5-4-6-8-19/h4-10,12-13,15H,11,14H2,1-3H3,(H,23,24,25). The van der Waals surface area contributed by atoms with Gasteiger partial charge in [-0.15, -0.1) is 11.3 Å². The molecule has 0 atom stereocenters. The second-order valence-electron chi connectivity index (χ2n) is 6.73. The molecule has 1 N–H and O–H groups in total. The van der Waals surface area contributed by atoms with Crippen LogP contribution in [-0.4, -0.2) is 10.9 Å². The summed E-state index contributed by atoms with van der Waals surface area (Å²) >= 11 is 1.52. The van der Waals surface area contributed by atoms with Crippen LogP contribution < -0.4 is 5.32 Å². The molecule has 3 nitrogen and oxygen atoms in total. The molecule has 0 aliphatic heterocycles. The number of carbonyl (C=O) groups excluding carboxylic acids is 1. The van der Waals surface area contributed by atoms with E-state index < -0.39 is 0 Å². The van der Waals surface area contributed by atoms with Crippen LogP contribution in [0.1, 0.15) is 42.2 Å². The van der Waals surface area contributed by atoms with Gasteiger partial charge in [0, 0.05) is 16.9 Å². The number of rotatable bonds is 6. The summed E-state index contributed by atoms with van der Waals surface area (Å²) in [6.45, 7) is 6.40. The predicted molar refractivity (Wildman–Crippen MR) is 110 cm³/mol. The molecule has 134 valence electrons. The summed E-state index contributed by atoms with van der Waals surface area (Å²) in [5.41, 5.74) is 4.52. The molecule has 0 saturated heterocycles. The third-order valence-corrected chi connectivity index (χ3v) is 5.26. The van der Waals surface area contributed by atoms with Crippen molar-refractivity contribution < 1.29 is 4.79 Å². The van der Waals surface area contributed by atoms with Crippen molar-refractivity contribution in [3.63, 3.8) is 0 Å². The predicted octanol–water partition coefficient (Wildman–Crippen LogP) is 5.81. The van der Waals surface area contributed by atoms with Crippen molar-refractivity contribution in [3.8, 4) is 11.3 Å². The highest BCUT2D eigenvalue weighted by atomic mass is 32.1. The number of hydrogen-bond donors (Lipinski definition) is 1. The van der Waals surface area contributed by atoms with Gasteiger partial charge in [-0.25, -0.2) is 4.98 Å². The van der Waals surface area contributed by atoms with E-state index in [9.17, 15) is 4.79 Å². The summed E-state index contributed by atoms with van der Waals surface area (Å²) < 4.78 is 0. The van der Waals surface area contributed by atoms with Crippen LogP contribution in [0.2, 0.25) is 0 Å². The molecular weight excluding hydrogens is 340 g/mol. The Bertz CT molecular complexity index is 867. The third kappa shape index (κ3) is 4.58. The van der Waals surface area contributed by atoms with Gasteiger partial charge in [-0.05, 0) is 30.4 Å². The molecular formula is C22H24N2OS. The van der Waals surface area contributed by atoms with Crippen LogP contribution >= 0.6 is 11.3 Å². The first kappa shape index (κ1) is 18.3. The molecule has 1 amide bonds. The Labute approximate surface area is 159 Å². The summed E-state index contributed by atoms with van der Waals surface area (Å²) in [4.78, 5) is 18.0. The van der Waals surface area contributed by atoms with Gasteiger partial charge >= 0.3 is 0 Å². The van der Waals surface area contributed by atoms with Crippen molar-refractivity contribution in [2.24, 2.45) is 0 Å². The van der Waals surface area contributed by atoms with Crippen LogP contribution in [0.15, 0.2) is 54.6 Å². The summed E-state index contributed by atoms with van der Waals surface area (Å²) in [6.07, 6.45) is 1.19. The van der Waals surface area contributed by atoms with E-state index in [0.717, 1.165) is 22.6 Å². The van der Waals surface area contributed by atoms with Crippen molar-refractivity contribution in [1.82, 2.24) is 4.98 Å². The number of amides is 1. The molecule has 26 heavy (non-hydrogen) atoms. The lowest BCUT2D eigenvalue weighted by molar-refractivity contribution is -0.116. The SMILES string of the molecule is Cc1sc(NC(=O)CCc2ccc(C(C)C)cc2)nc1-c1ccccc1. The van der Waals surface area contributed by atoms with Crippen LogP contribution in [-0.2, 0) is 11.2 Å². The van der Waals surface area contributed by atoms with Gasteiger partial charge in [0.25, 0.3) is 0 Å². The molecule has 0 radical (unpaired) electrons. The molecule has 0 aliphatic rings. The van der Waals surface area contributed by atoms with E-state index in [1.165, 1.54) is 22.5 Å². The van der Waals surface area contributed by atoms with E-state index >= 15 is 0 Å². The average molecular weight is 365 g/mol. The molecule has 2 aromatic carbocycles. The first-order valence-electron chi connectivity index (χ1n) is 8.94. The number of carbonyl (C=O) groups is 1. The normalized spacial score (nSPS) is 10.9. The van der Waals surface area contributed by atoms with E-state index in [2.05, 4.69) is 48.4 Å². The second kappa shape index (κ2) is 8.28. The Hall–Kier alpha value is -2.46. The summed E-state index contributed by atoms with van der Waals surface area (Å²) in [6, 6.07) is 18.6. The maximum atomic E-state index is 12.3. The molecule has 0 unspecified atom stereocenters. The Morgan fingerprint density at radius 1 is 1.08 bits per heavy atom. The number of aryl methyl sites for hydroxylation is 2. The topological polar surface area (TPSA) is 42.0 Å². The van der Waals surface area contributed by atoms with Crippen LogP contribution in [0, 0.1) is 6.92 Å². The lowest BCUT2D eigenvalue weighted by Gasteiger charge is -2.07. The van der Waals surface area contributed by atoms with Gasteiger partial charge in [-0.3, -0.25) is 4.79 Å². The fraction of sp³-hybridized carbons (Fsp3) is 0.273. The summed E-state index contributed by atoms with van der Waals surface area (Å²) in [5, 5.41) is 3.61. The van der Waals surface area contributed by atoms with Gasteiger partial charge in [-0.2, -0.15) is 0 Å². The molecule has 1 heterocycles. The molecule has 3 aromatic rings. The highest BCUT2D eigenvalue weighted by Gasteiger charge is 2.12. The minimum atomic E-state index is 0.00583. The lowest BCUT2D eigenvalue weighted by atomic mass is 10.0. The second-order valence-corrected chi connectivity index (χ2v) is 7.94. The fourth-order valence-electron chi connectivity index (χ4n) is 2.82. The first-order valence-corrected chi connectivity index (χ1v) is 9.76. The highest BCUT2D eigenvalue weighted by molar-refractivity contribution is 7.16. The Morgan fingerprint density at radius 2 is 1.77 bits per heavy atom. The smallest absolute Gasteiger partial charge is 0.226 e. The first-order chi connectivity index (χ1) is 12.5. The van der Waals surface area contributed by atoms with Crippen LogP contribution in [0.4, 0.5) is 5.13 Å². The number of nitrogens with zero attached hydrogens (tertiary/aromatic N) is 1. The molecule has 3 rings (SSSR count).